The first-order valence-corrected chi connectivity index (χ1v) is 3.44. The summed E-state index contributed by atoms with van der Waals surface area (Å²) in [6, 6.07) is 0.110. The monoisotopic (exact) mass is 222 g/mol. The van der Waals surface area contributed by atoms with E-state index in [2.05, 4.69) is 0 Å². The third-order valence-corrected chi connectivity index (χ3v) is 1.71. The van der Waals surface area contributed by atoms with E-state index in [0.717, 1.165) is 13.0 Å². The van der Waals surface area contributed by atoms with Gasteiger partial charge in [0.05, 0.1) is 6.54 Å². The number of rotatable bonds is 2. The van der Waals surface area contributed by atoms with E-state index in [1.807, 2.05) is 0 Å². The standard InChI is InChI=1S/C6H12F2N2.2ClH/c7-6(8)4-10-2-1-5(9)3-10;;/h5-6H,1-4,9H2;2*1H/t5-;;/m1../s1. The van der Waals surface area contributed by atoms with Crippen LogP contribution in [-0.2, 0) is 0 Å². The lowest BCUT2D eigenvalue weighted by molar-refractivity contribution is 0.0991. The fourth-order valence-electron chi connectivity index (χ4n) is 1.22. The molecule has 6 heteroatoms. The van der Waals surface area contributed by atoms with Gasteiger partial charge in [-0.2, -0.15) is 0 Å². The van der Waals surface area contributed by atoms with Crippen LogP contribution in [-0.4, -0.2) is 37.0 Å². The molecule has 76 valence electrons. The number of hydrogen-bond acceptors (Lipinski definition) is 2. The van der Waals surface area contributed by atoms with Crippen molar-refractivity contribution >= 4 is 24.8 Å². The van der Waals surface area contributed by atoms with Gasteiger partial charge >= 0.3 is 0 Å². The molecule has 2 nitrogen and oxygen atoms in total. The maximum atomic E-state index is 11.7. The number of alkyl halides is 2. The zero-order valence-corrected chi connectivity index (χ0v) is 8.21. The van der Waals surface area contributed by atoms with Crippen LogP contribution in [0.15, 0.2) is 0 Å². The van der Waals surface area contributed by atoms with Crippen molar-refractivity contribution in [1.29, 1.82) is 0 Å². The average molecular weight is 223 g/mol. The summed E-state index contributed by atoms with van der Waals surface area (Å²) in [5.41, 5.74) is 5.51. The van der Waals surface area contributed by atoms with Gasteiger partial charge in [0.2, 0.25) is 0 Å². The van der Waals surface area contributed by atoms with Crippen LogP contribution in [0.3, 0.4) is 0 Å². The smallest absolute Gasteiger partial charge is 0.251 e. The molecule has 1 fully saturated rings. The Kier molecular flexibility index (Phi) is 8.46. The summed E-state index contributed by atoms with van der Waals surface area (Å²) in [5.74, 6) is 0. The van der Waals surface area contributed by atoms with E-state index in [9.17, 15) is 8.78 Å². The minimum Gasteiger partial charge on any atom is -0.326 e. The van der Waals surface area contributed by atoms with Crippen molar-refractivity contribution in [2.45, 2.75) is 18.9 Å². The molecule has 1 atom stereocenters. The summed E-state index contributed by atoms with van der Waals surface area (Å²) >= 11 is 0. The fourth-order valence-corrected chi connectivity index (χ4v) is 1.22. The van der Waals surface area contributed by atoms with Gasteiger partial charge in [0.1, 0.15) is 0 Å². The molecule has 1 aliphatic rings. The van der Waals surface area contributed by atoms with Crippen LogP contribution < -0.4 is 5.73 Å². The first-order chi connectivity index (χ1) is 4.68. The Morgan fingerprint density at radius 2 is 2.00 bits per heavy atom. The quantitative estimate of drug-likeness (QED) is 0.760. The van der Waals surface area contributed by atoms with Gasteiger partial charge in [-0.15, -0.1) is 24.8 Å². The second kappa shape index (κ2) is 6.83. The van der Waals surface area contributed by atoms with Gasteiger partial charge in [-0.25, -0.2) is 8.78 Å². The minimum atomic E-state index is -2.22. The first-order valence-electron chi connectivity index (χ1n) is 3.44. The maximum absolute atomic E-state index is 11.7. The van der Waals surface area contributed by atoms with Crippen molar-refractivity contribution in [2.24, 2.45) is 5.73 Å². The molecule has 0 aliphatic carbocycles. The van der Waals surface area contributed by atoms with Crippen LogP contribution in [0, 0.1) is 0 Å². The van der Waals surface area contributed by atoms with Gasteiger partial charge in [-0.1, -0.05) is 0 Å². The molecule has 2 N–H and O–H groups in total. The zero-order valence-electron chi connectivity index (χ0n) is 6.58. The molecule has 0 amide bonds. The Morgan fingerprint density at radius 3 is 2.33 bits per heavy atom. The molecule has 1 saturated heterocycles. The maximum Gasteiger partial charge on any atom is 0.251 e. The van der Waals surface area contributed by atoms with Crippen LogP contribution in [0.1, 0.15) is 6.42 Å². The summed E-state index contributed by atoms with van der Waals surface area (Å²) in [5, 5.41) is 0. The molecule has 12 heavy (non-hydrogen) atoms. The highest BCUT2D eigenvalue weighted by Crippen LogP contribution is 2.08. The van der Waals surface area contributed by atoms with Gasteiger partial charge in [-0.3, -0.25) is 4.90 Å². The lowest BCUT2D eigenvalue weighted by atomic mass is 10.3. The number of halogens is 4. The highest BCUT2D eigenvalue weighted by molar-refractivity contribution is 5.85. The predicted octanol–water partition coefficient (Wildman–Crippen LogP) is 1.13. The molecular weight excluding hydrogens is 209 g/mol. The molecule has 1 aliphatic heterocycles. The average Bonchev–Trinajstić information content (AvgIpc) is 2.13. The van der Waals surface area contributed by atoms with Crippen LogP contribution in [0.5, 0.6) is 0 Å². The van der Waals surface area contributed by atoms with Crippen molar-refractivity contribution in [3.05, 3.63) is 0 Å². The number of nitrogens with two attached hydrogens (primary N) is 1. The molecule has 0 saturated carbocycles. The second-order valence-electron chi connectivity index (χ2n) is 2.70. The second-order valence-corrected chi connectivity index (χ2v) is 2.70. The summed E-state index contributed by atoms with van der Waals surface area (Å²) in [7, 11) is 0. The van der Waals surface area contributed by atoms with Gasteiger partial charge in [-0.05, 0) is 13.0 Å². The summed E-state index contributed by atoms with van der Waals surface area (Å²) < 4.78 is 23.5. The molecule has 0 bridgehead atoms. The molecule has 0 aromatic rings. The molecule has 0 unspecified atom stereocenters. The Bertz CT molecular complexity index is 116. The van der Waals surface area contributed by atoms with Crippen molar-refractivity contribution in [1.82, 2.24) is 4.90 Å². The van der Waals surface area contributed by atoms with Crippen LogP contribution in [0.4, 0.5) is 8.78 Å². The third-order valence-electron chi connectivity index (χ3n) is 1.71. The van der Waals surface area contributed by atoms with Crippen molar-refractivity contribution in [3.63, 3.8) is 0 Å². The molecule has 0 aromatic carbocycles. The number of likely N-dealkylation sites (tertiary alicyclic amines) is 1. The molecule has 1 rings (SSSR count). The third kappa shape index (κ3) is 5.09. The topological polar surface area (TPSA) is 29.3 Å². The number of hydrogen-bond donors (Lipinski definition) is 1. The van der Waals surface area contributed by atoms with Crippen molar-refractivity contribution in [3.8, 4) is 0 Å². The summed E-state index contributed by atoms with van der Waals surface area (Å²) in [4.78, 5) is 1.70. The van der Waals surface area contributed by atoms with Crippen LogP contribution >= 0.6 is 24.8 Å². The summed E-state index contributed by atoms with van der Waals surface area (Å²) in [6.07, 6.45) is -1.36. The van der Waals surface area contributed by atoms with Gasteiger partial charge < -0.3 is 5.73 Å². The van der Waals surface area contributed by atoms with E-state index in [1.54, 1.807) is 4.90 Å². The van der Waals surface area contributed by atoms with E-state index in [-0.39, 0.29) is 37.4 Å². The Hall–Kier alpha value is 0.360. The van der Waals surface area contributed by atoms with Crippen LogP contribution in [0.2, 0.25) is 0 Å². The normalized spacial score (nSPS) is 23.5. The minimum absolute atomic E-state index is 0. The van der Waals surface area contributed by atoms with Crippen molar-refractivity contribution < 1.29 is 8.78 Å². The lowest BCUT2D eigenvalue weighted by Gasteiger charge is -2.13. The first kappa shape index (κ1) is 14.9. The van der Waals surface area contributed by atoms with Gasteiger partial charge in [0.25, 0.3) is 6.43 Å². The van der Waals surface area contributed by atoms with E-state index >= 15 is 0 Å². The lowest BCUT2D eigenvalue weighted by Crippen LogP contribution is -2.30. The molecule has 1 heterocycles. The van der Waals surface area contributed by atoms with Gasteiger partial charge in [0.15, 0.2) is 0 Å². The van der Waals surface area contributed by atoms with Crippen LogP contribution in [0.25, 0.3) is 0 Å². The highest BCUT2D eigenvalue weighted by Gasteiger charge is 2.21. The zero-order chi connectivity index (χ0) is 7.56. The van der Waals surface area contributed by atoms with E-state index in [4.69, 9.17) is 5.73 Å². The predicted molar refractivity (Wildman–Crippen MR) is 49.5 cm³/mol. The Morgan fingerprint density at radius 1 is 1.42 bits per heavy atom. The molecule has 0 aromatic heterocycles. The molecule has 0 spiro atoms. The highest BCUT2D eigenvalue weighted by atomic mass is 35.5. The van der Waals surface area contributed by atoms with E-state index < -0.39 is 6.43 Å². The molecular formula is C6H14Cl2F2N2. The van der Waals surface area contributed by atoms with Gasteiger partial charge in [0, 0.05) is 12.6 Å². The number of nitrogens with zero attached hydrogens (tertiary/aromatic N) is 1. The molecule has 0 radical (unpaired) electrons. The Labute approximate surface area is 83.3 Å². The van der Waals surface area contributed by atoms with E-state index in [0.29, 0.717) is 6.54 Å². The van der Waals surface area contributed by atoms with Crippen molar-refractivity contribution in [2.75, 3.05) is 19.6 Å². The fraction of sp³-hybridized carbons (Fsp3) is 1.00. The van der Waals surface area contributed by atoms with E-state index in [1.165, 1.54) is 0 Å². The Balaban J connectivity index is 0. The SMILES string of the molecule is Cl.Cl.N[C@@H]1CCN(CC(F)F)C1. The largest absolute Gasteiger partial charge is 0.326 e. The summed E-state index contributed by atoms with van der Waals surface area (Å²) in [6.45, 7) is 1.24.